The van der Waals surface area contributed by atoms with Crippen molar-refractivity contribution in [3.8, 4) is 5.75 Å². The molecular weight excluding hydrogens is 266 g/mol. The molecule has 2 rings (SSSR count). The molecule has 0 saturated heterocycles. The molecule has 0 saturated carbocycles. The summed E-state index contributed by atoms with van der Waals surface area (Å²) < 4.78 is 10.5. The van der Waals surface area contributed by atoms with Gasteiger partial charge in [0.2, 0.25) is 5.95 Å². The largest absolute Gasteiger partial charge is 0.491 e. The zero-order valence-corrected chi connectivity index (χ0v) is 12.7. The first-order valence-corrected chi connectivity index (χ1v) is 6.94. The summed E-state index contributed by atoms with van der Waals surface area (Å²) in [6.45, 7) is 5.76. The monoisotopic (exact) mass is 287 g/mol. The van der Waals surface area contributed by atoms with Crippen molar-refractivity contribution in [1.82, 2.24) is 9.97 Å². The lowest BCUT2D eigenvalue weighted by atomic mass is 10.2. The van der Waals surface area contributed by atoms with Gasteiger partial charge in [0, 0.05) is 25.0 Å². The number of hydrogen-bond donors (Lipinski definition) is 1. The molecule has 21 heavy (non-hydrogen) atoms. The summed E-state index contributed by atoms with van der Waals surface area (Å²) in [5.74, 6) is 1.51. The van der Waals surface area contributed by atoms with Gasteiger partial charge in [0.1, 0.15) is 12.4 Å². The van der Waals surface area contributed by atoms with Crippen molar-refractivity contribution in [2.75, 3.05) is 25.6 Å². The topological polar surface area (TPSA) is 56.3 Å². The number of hydrogen-bond acceptors (Lipinski definition) is 5. The predicted molar refractivity (Wildman–Crippen MR) is 82.6 cm³/mol. The minimum absolute atomic E-state index is 0.560. The van der Waals surface area contributed by atoms with Gasteiger partial charge in [-0.05, 0) is 37.6 Å². The summed E-state index contributed by atoms with van der Waals surface area (Å²) >= 11 is 0. The Hall–Kier alpha value is -2.14. The molecule has 0 aliphatic carbocycles. The van der Waals surface area contributed by atoms with E-state index in [-0.39, 0.29) is 0 Å². The molecule has 5 heteroatoms. The summed E-state index contributed by atoms with van der Waals surface area (Å²) in [7, 11) is 1.66. The molecule has 2 aromatic rings. The van der Waals surface area contributed by atoms with E-state index >= 15 is 0 Å². The maximum Gasteiger partial charge on any atom is 0.223 e. The van der Waals surface area contributed by atoms with E-state index in [1.165, 1.54) is 0 Å². The molecule has 1 aromatic carbocycles. The molecule has 1 aromatic heterocycles. The van der Waals surface area contributed by atoms with Gasteiger partial charge in [0.05, 0.1) is 6.61 Å². The minimum Gasteiger partial charge on any atom is -0.491 e. The average Bonchev–Trinajstić information content (AvgIpc) is 2.46. The molecule has 0 fully saturated rings. The van der Waals surface area contributed by atoms with Gasteiger partial charge < -0.3 is 14.8 Å². The van der Waals surface area contributed by atoms with E-state index in [1.807, 2.05) is 44.2 Å². The molecule has 0 radical (unpaired) electrons. The number of nitrogens with zero attached hydrogens (tertiary/aromatic N) is 2. The Morgan fingerprint density at radius 1 is 1.00 bits per heavy atom. The molecule has 0 atom stereocenters. The van der Waals surface area contributed by atoms with Gasteiger partial charge >= 0.3 is 0 Å². The molecule has 5 nitrogen and oxygen atoms in total. The summed E-state index contributed by atoms with van der Waals surface area (Å²) in [5.41, 5.74) is 3.08. The lowest BCUT2D eigenvalue weighted by Gasteiger charge is -2.08. The molecule has 0 unspecified atom stereocenters. The van der Waals surface area contributed by atoms with Crippen LogP contribution in [0.25, 0.3) is 0 Å². The fraction of sp³-hybridized carbons (Fsp3) is 0.375. The Morgan fingerprint density at radius 2 is 1.67 bits per heavy atom. The Labute approximate surface area is 125 Å². The highest BCUT2D eigenvalue weighted by Gasteiger charge is 2.00. The second-order valence-electron chi connectivity index (χ2n) is 4.81. The van der Waals surface area contributed by atoms with Crippen LogP contribution in [0.4, 0.5) is 5.95 Å². The highest BCUT2D eigenvalue weighted by Crippen LogP contribution is 2.13. The molecule has 0 spiro atoms. The number of anilines is 1. The quantitative estimate of drug-likeness (QED) is 0.794. The zero-order chi connectivity index (χ0) is 15.1. The van der Waals surface area contributed by atoms with Crippen molar-refractivity contribution in [3.05, 3.63) is 47.3 Å². The Morgan fingerprint density at radius 3 is 2.29 bits per heavy atom. The van der Waals surface area contributed by atoms with Crippen LogP contribution in [0, 0.1) is 13.8 Å². The maximum atomic E-state index is 5.53. The van der Waals surface area contributed by atoms with Gasteiger partial charge in [-0.15, -0.1) is 0 Å². The van der Waals surface area contributed by atoms with E-state index in [4.69, 9.17) is 9.47 Å². The van der Waals surface area contributed by atoms with Crippen molar-refractivity contribution in [2.45, 2.75) is 20.4 Å². The Kier molecular flexibility index (Phi) is 5.51. The lowest BCUT2D eigenvalue weighted by molar-refractivity contribution is 0.146. The number of nitrogens with one attached hydrogen (secondary N) is 1. The van der Waals surface area contributed by atoms with Crippen LogP contribution in [-0.4, -0.2) is 30.3 Å². The third-order valence-corrected chi connectivity index (χ3v) is 2.91. The second-order valence-corrected chi connectivity index (χ2v) is 4.81. The van der Waals surface area contributed by atoms with E-state index in [0.717, 1.165) is 22.7 Å². The Balaban J connectivity index is 1.88. The van der Waals surface area contributed by atoms with Crippen LogP contribution >= 0.6 is 0 Å². The van der Waals surface area contributed by atoms with E-state index in [2.05, 4.69) is 15.3 Å². The fourth-order valence-electron chi connectivity index (χ4n) is 1.93. The average molecular weight is 287 g/mol. The van der Waals surface area contributed by atoms with Crippen LogP contribution in [0.5, 0.6) is 5.75 Å². The number of methoxy groups -OCH3 is 1. The maximum absolute atomic E-state index is 5.53. The molecule has 0 amide bonds. The normalized spacial score (nSPS) is 10.4. The Bertz CT molecular complexity index is 550. The molecule has 112 valence electrons. The number of aryl methyl sites for hydroxylation is 2. The van der Waals surface area contributed by atoms with Crippen molar-refractivity contribution in [3.63, 3.8) is 0 Å². The molecule has 1 N–H and O–H groups in total. The fourth-order valence-corrected chi connectivity index (χ4v) is 1.93. The molecule has 0 aliphatic heterocycles. The molecule has 1 heterocycles. The lowest BCUT2D eigenvalue weighted by Crippen LogP contribution is -2.06. The third kappa shape index (κ3) is 5.04. The van der Waals surface area contributed by atoms with Crippen LogP contribution in [0.2, 0.25) is 0 Å². The molecule has 0 aliphatic rings. The van der Waals surface area contributed by atoms with E-state index in [9.17, 15) is 0 Å². The minimum atomic E-state index is 0.560. The first-order valence-electron chi connectivity index (χ1n) is 6.94. The highest BCUT2D eigenvalue weighted by molar-refractivity contribution is 5.32. The number of aromatic nitrogens is 2. The summed E-state index contributed by atoms with van der Waals surface area (Å²) in [6, 6.07) is 9.91. The van der Waals surface area contributed by atoms with Crippen molar-refractivity contribution in [2.24, 2.45) is 0 Å². The van der Waals surface area contributed by atoms with Crippen LogP contribution in [-0.2, 0) is 11.3 Å². The van der Waals surface area contributed by atoms with Gasteiger partial charge in [-0.3, -0.25) is 0 Å². The summed E-state index contributed by atoms with van der Waals surface area (Å²) in [4.78, 5) is 8.71. The first-order chi connectivity index (χ1) is 10.2. The third-order valence-electron chi connectivity index (χ3n) is 2.91. The van der Waals surface area contributed by atoms with Gasteiger partial charge in [-0.2, -0.15) is 0 Å². The number of ether oxygens (including phenoxy) is 2. The van der Waals surface area contributed by atoms with Gasteiger partial charge in [-0.25, -0.2) is 9.97 Å². The predicted octanol–water partition coefficient (Wildman–Crippen LogP) is 2.73. The summed E-state index contributed by atoms with van der Waals surface area (Å²) in [6.07, 6.45) is 0. The zero-order valence-electron chi connectivity index (χ0n) is 12.7. The standard InChI is InChI=1S/C16H21N3O2/c1-12-10-13(2)19-16(18-12)17-11-14-4-6-15(7-5-14)21-9-8-20-3/h4-7,10H,8-9,11H2,1-3H3,(H,17,18,19). The van der Waals surface area contributed by atoms with Crippen LogP contribution in [0.1, 0.15) is 17.0 Å². The number of rotatable bonds is 7. The van der Waals surface area contributed by atoms with Crippen molar-refractivity contribution in [1.29, 1.82) is 0 Å². The van der Waals surface area contributed by atoms with E-state index in [0.29, 0.717) is 25.7 Å². The SMILES string of the molecule is COCCOc1ccc(CNc2nc(C)cc(C)n2)cc1. The number of benzene rings is 1. The molecule has 0 bridgehead atoms. The van der Waals surface area contributed by atoms with Gasteiger partial charge in [0.25, 0.3) is 0 Å². The second kappa shape index (κ2) is 7.59. The van der Waals surface area contributed by atoms with Gasteiger partial charge in [-0.1, -0.05) is 12.1 Å². The van der Waals surface area contributed by atoms with Crippen LogP contribution < -0.4 is 10.1 Å². The summed E-state index contributed by atoms with van der Waals surface area (Å²) in [5, 5.41) is 3.23. The van der Waals surface area contributed by atoms with Gasteiger partial charge in [0.15, 0.2) is 0 Å². The first kappa shape index (κ1) is 15.3. The van der Waals surface area contributed by atoms with E-state index < -0.39 is 0 Å². The highest BCUT2D eigenvalue weighted by atomic mass is 16.5. The smallest absolute Gasteiger partial charge is 0.223 e. The van der Waals surface area contributed by atoms with Crippen LogP contribution in [0.3, 0.4) is 0 Å². The van der Waals surface area contributed by atoms with E-state index in [1.54, 1.807) is 7.11 Å². The van der Waals surface area contributed by atoms with Crippen molar-refractivity contribution < 1.29 is 9.47 Å². The van der Waals surface area contributed by atoms with Crippen LogP contribution in [0.15, 0.2) is 30.3 Å². The van der Waals surface area contributed by atoms with Crippen molar-refractivity contribution >= 4 is 5.95 Å². The molecular formula is C16H21N3O2.